The van der Waals surface area contributed by atoms with E-state index < -0.39 is 0 Å². The van der Waals surface area contributed by atoms with Crippen LogP contribution in [-0.2, 0) is 0 Å². The summed E-state index contributed by atoms with van der Waals surface area (Å²) >= 11 is 0. The molecule has 20 heavy (non-hydrogen) atoms. The summed E-state index contributed by atoms with van der Waals surface area (Å²) in [5.74, 6) is 2.14. The Morgan fingerprint density at radius 1 is 1.35 bits per heavy atom. The Labute approximate surface area is 121 Å². The van der Waals surface area contributed by atoms with E-state index in [2.05, 4.69) is 28.8 Å². The molecule has 112 valence electrons. The lowest BCUT2D eigenvalue weighted by Gasteiger charge is -2.38. The largest absolute Gasteiger partial charge is 0.478 e. The first-order valence-corrected chi connectivity index (χ1v) is 7.64. The fourth-order valence-electron chi connectivity index (χ4n) is 2.95. The molecule has 2 atom stereocenters. The van der Waals surface area contributed by atoms with Crippen molar-refractivity contribution in [3.63, 3.8) is 0 Å². The highest BCUT2D eigenvalue weighted by Crippen LogP contribution is 2.30. The van der Waals surface area contributed by atoms with Crippen LogP contribution in [0.2, 0.25) is 0 Å². The molecule has 0 bridgehead atoms. The van der Waals surface area contributed by atoms with Gasteiger partial charge in [0.1, 0.15) is 12.1 Å². The van der Waals surface area contributed by atoms with E-state index in [4.69, 9.17) is 10.5 Å². The van der Waals surface area contributed by atoms with Crippen LogP contribution in [0, 0.1) is 5.92 Å². The fraction of sp³-hybridized carbons (Fsp3) is 0.733. The normalized spacial score (nSPS) is 22.6. The van der Waals surface area contributed by atoms with Gasteiger partial charge in [-0.05, 0) is 31.7 Å². The van der Waals surface area contributed by atoms with Crippen molar-refractivity contribution < 1.29 is 4.74 Å². The first-order valence-electron chi connectivity index (χ1n) is 7.64. The molecule has 2 unspecified atom stereocenters. The summed E-state index contributed by atoms with van der Waals surface area (Å²) in [7, 11) is 2.10. The lowest BCUT2D eigenvalue weighted by molar-refractivity contribution is 0.299. The number of aromatic nitrogens is 2. The van der Waals surface area contributed by atoms with Gasteiger partial charge in [0.25, 0.3) is 0 Å². The maximum Gasteiger partial charge on any atom is 0.218 e. The third-order valence-corrected chi connectivity index (χ3v) is 4.11. The average molecular weight is 278 g/mol. The highest BCUT2D eigenvalue weighted by molar-refractivity contribution is 5.41. The Kier molecular flexibility index (Phi) is 5.59. The van der Waals surface area contributed by atoms with Crippen LogP contribution >= 0.6 is 0 Å². The van der Waals surface area contributed by atoms with Crippen molar-refractivity contribution >= 4 is 5.82 Å². The van der Waals surface area contributed by atoms with Crippen molar-refractivity contribution in [2.75, 3.05) is 25.1 Å². The molecule has 5 heteroatoms. The highest BCUT2D eigenvalue weighted by Gasteiger charge is 2.28. The number of hydrogen-bond donors (Lipinski definition) is 1. The minimum atomic E-state index is 0.475. The van der Waals surface area contributed by atoms with Gasteiger partial charge in [0.15, 0.2) is 0 Å². The van der Waals surface area contributed by atoms with Gasteiger partial charge >= 0.3 is 0 Å². The Morgan fingerprint density at radius 2 is 2.15 bits per heavy atom. The zero-order valence-corrected chi connectivity index (χ0v) is 12.6. The molecule has 0 aliphatic heterocycles. The van der Waals surface area contributed by atoms with E-state index in [1.807, 2.05) is 6.07 Å². The Morgan fingerprint density at radius 3 is 2.90 bits per heavy atom. The van der Waals surface area contributed by atoms with Crippen LogP contribution in [-0.4, -0.2) is 36.2 Å². The number of anilines is 1. The predicted molar refractivity (Wildman–Crippen MR) is 81.0 cm³/mol. The van der Waals surface area contributed by atoms with Gasteiger partial charge in [-0.15, -0.1) is 0 Å². The molecule has 1 aliphatic carbocycles. The molecule has 2 rings (SSSR count). The van der Waals surface area contributed by atoms with Crippen LogP contribution in [0.15, 0.2) is 12.4 Å². The van der Waals surface area contributed by atoms with E-state index in [-0.39, 0.29) is 0 Å². The molecule has 0 spiro atoms. The molecule has 1 aromatic heterocycles. The Hall–Kier alpha value is -1.36. The van der Waals surface area contributed by atoms with E-state index in [9.17, 15) is 0 Å². The summed E-state index contributed by atoms with van der Waals surface area (Å²) < 4.78 is 5.58. The van der Waals surface area contributed by atoms with Crippen molar-refractivity contribution in [2.24, 2.45) is 11.7 Å². The van der Waals surface area contributed by atoms with Gasteiger partial charge in [-0.2, -0.15) is 0 Å². The fourth-order valence-corrected chi connectivity index (χ4v) is 2.95. The van der Waals surface area contributed by atoms with Crippen molar-refractivity contribution in [1.29, 1.82) is 0 Å². The average Bonchev–Trinajstić information content (AvgIpc) is 2.52. The van der Waals surface area contributed by atoms with Gasteiger partial charge in [0.05, 0.1) is 6.61 Å². The van der Waals surface area contributed by atoms with Gasteiger partial charge in [-0.1, -0.05) is 19.8 Å². The zero-order valence-electron chi connectivity index (χ0n) is 12.6. The van der Waals surface area contributed by atoms with Crippen LogP contribution in [0.1, 0.15) is 39.0 Å². The molecule has 1 saturated carbocycles. The van der Waals surface area contributed by atoms with Crippen molar-refractivity contribution in [2.45, 2.75) is 45.1 Å². The van der Waals surface area contributed by atoms with E-state index in [1.54, 1.807) is 6.33 Å². The molecule has 1 fully saturated rings. The van der Waals surface area contributed by atoms with Gasteiger partial charge < -0.3 is 15.4 Å². The Balaban J connectivity index is 2.08. The van der Waals surface area contributed by atoms with Gasteiger partial charge in [0.2, 0.25) is 5.88 Å². The van der Waals surface area contributed by atoms with Crippen molar-refractivity contribution in [3.8, 4) is 5.88 Å². The molecular formula is C15H26N4O. The molecule has 1 aromatic rings. The summed E-state index contributed by atoms with van der Waals surface area (Å²) in [6, 6.07) is 2.40. The molecule has 5 nitrogen and oxygen atoms in total. The number of nitrogens with two attached hydrogens (primary N) is 1. The Bertz CT molecular complexity index is 413. The number of hydrogen-bond acceptors (Lipinski definition) is 5. The molecular weight excluding hydrogens is 252 g/mol. The lowest BCUT2D eigenvalue weighted by atomic mass is 9.84. The van der Waals surface area contributed by atoms with Crippen LogP contribution in [0.3, 0.4) is 0 Å². The van der Waals surface area contributed by atoms with Crippen LogP contribution in [0.5, 0.6) is 5.88 Å². The number of ether oxygens (including phenoxy) is 1. The SMILES string of the molecule is CCCOc1cc(N(C)C2CCCCC2CN)ncn1. The monoisotopic (exact) mass is 278 g/mol. The predicted octanol–water partition coefficient (Wildman–Crippen LogP) is 2.22. The molecule has 0 saturated heterocycles. The van der Waals surface area contributed by atoms with Crippen molar-refractivity contribution in [3.05, 3.63) is 12.4 Å². The van der Waals surface area contributed by atoms with Gasteiger partial charge in [-0.25, -0.2) is 9.97 Å². The van der Waals surface area contributed by atoms with Crippen LogP contribution in [0.4, 0.5) is 5.82 Å². The summed E-state index contributed by atoms with van der Waals surface area (Å²) in [5, 5.41) is 0. The van der Waals surface area contributed by atoms with Crippen LogP contribution in [0.25, 0.3) is 0 Å². The third kappa shape index (κ3) is 3.60. The third-order valence-electron chi connectivity index (χ3n) is 4.11. The van der Waals surface area contributed by atoms with E-state index >= 15 is 0 Å². The van der Waals surface area contributed by atoms with Gasteiger partial charge in [-0.3, -0.25) is 0 Å². The van der Waals surface area contributed by atoms with E-state index in [0.717, 1.165) is 18.8 Å². The van der Waals surface area contributed by atoms with E-state index in [0.29, 0.717) is 24.4 Å². The number of rotatable bonds is 6. The molecule has 1 heterocycles. The zero-order chi connectivity index (χ0) is 14.4. The quantitative estimate of drug-likeness (QED) is 0.864. The summed E-state index contributed by atoms with van der Waals surface area (Å²) in [4.78, 5) is 10.8. The second kappa shape index (κ2) is 7.43. The lowest BCUT2D eigenvalue weighted by Crippen LogP contribution is -2.43. The first-order chi connectivity index (χ1) is 9.76. The second-order valence-corrected chi connectivity index (χ2v) is 5.52. The maximum absolute atomic E-state index is 5.92. The standard InChI is InChI=1S/C15H26N4O/c1-3-8-20-15-9-14(17-11-18-15)19(2)13-7-5-4-6-12(13)10-16/h9,11-13H,3-8,10,16H2,1-2H3. The van der Waals surface area contributed by atoms with Crippen molar-refractivity contribution in [1.82, 2.24) is 9.97 Å². The minimum Gasteiger partial charge on any atom is -0.478 e. The molecule has 0 amide bonds. The smallest absolute Gasteiger partial charge is 0.218 e. The van der Waals surface area contributed by atoms with E-state index in [1.165, 1.54) is 25.7 Å². The molecule has 0 aromatic carbocycles. The molecule has 0 radical (unpaired) electrons. The minimum absolute atomic E-state index is 0.475. The highest BCUT2D eigenvalue weighted by atomic mass is 16.5. The topological polar surface area (TPSA) is 64.3 Å². The molecule has 2 N–H and O–H groups in total. The maximum atomic E-state index is 5.92. The summed E-state index contributed by atoms with van der Waals surface area (Å²) in [6.07, 6.45) is 7.53. The van der Waals surface area contributed by atoms with Crippen LogP contribution < -0.4 is 15.4 Å². The summed E-state index contributed by atoms with van der Waals surface area (Å²) in [5.41, 5.74) is 5.92. The van der Waals surface area contributed by atoms with Gasteiger partial charge in [0, 0.05) is 19.2 Å². The summed E-state index contributed by atoms with van der Waals surface area (Å²) in [6.45, 7) is 3.52. The second-order valence-electron chi connectivity index (χ2n) is 5.52. The molecule has 1 aliphatic rings. The number of nitrogens with zero attached hydrogens (tertiary/aromatic N) is 3. The first kappa shape index (κ1) is 15.0.